The van der Waals surface area contributed by atoms with Gasteiger partial charge in [-0.25, -0.2) is 0 Å². The van der Waals surface area contributed by atoms with Crippen LogP contribution in [-0.2, 0) is 0 Å². The third-order valence-electron chi connectivity index (χ3n) is 4.86. The van der Waals surface area contributed by atoms with Gasteiger partial charge in [0.15, 0.2) is 0 Å². The van der Waals surface area contributed by atoms with E-state index in [-0.39, 0.29) is 18.1 Å². The molecule has 1 aliphatic heterocycles. The van der Waals surface area contributed by atoms with Gasteiger partial charge in [0.25, 0.3) is 5.91 Å². The maximum absolute atomic E-state index is 12.1. The summed E-state index contributed by atoms with van der Waals surface area (Å²) in [4.78, 5) is 14.6. The largest absolute Gasteiger partial charge is 0.391 e. The van der Waals surface area contributed by atoms with Crippen LogP contribution in [0.15, 0.2) is 11.4 Å². The zero-order valence-electron chi connectivity index (χ0n) is 12.6. The fourth-order valence-corrected chi connectivity index (χ4v) is 4.45. The predicted molar refractivity (Wildman–Crippen MR) is 89.7 cm³/mol. The van der Waals surface area contributed by atoms with E-state index in [4.69, 9.17) is 11.6 Å². The molecule has 22 heavy (non-hydrogen) atoms. The summed E-state index contributed by atoms with van der Waals surface area (Å²) in [6, 6.07) is 2.26. The molecule has 2 aliphatic rings. The highest BCUT2D eigenvalue weighted by Gasteiger charge is 2.31. The Kier molecular flexibility index (Phi) is 5.39. The van der Waals surface area contributed by atoms with Gasteiger partial charge < -0.3 is 10.4 Å². The Morgan fingerprint density at radius 1 is 1.27 bits per heavy atom. The van der Waals surface area contributed by atoms with E-state index in [2.05, 4.69) is 10.2 Å². The molecule has 4 nitrogen and oxygen atoms in total. The number of carbonyl (C=O) groups excluding carboxylic acids is 1. The lowest BCUT2D eigenvalue weighted by molar-refractivity contribution is 0.00728. The summed E-state index contributed by atoms with van der Waals surface area (Å²) in [6.45, 7) is 1.91. The molecule has 1 saturated heterocycles. The van der Waals surface area contributed by atoms with Crippen molar-refractivity contribution in [1.82, 2.24) is 10.2 Å². The summed E-state index contributed by atoms with van der Waals surface area (Å²) in [6.07, 6.45) is 6.13. The van der Waals surface area contributed by atoms with E-state index >= 15 is 0 Å². The molecule has 1 aromatic heterocycles. The van der Waals surface area contributed by atoms with Gasteiger partial charge in [0.05, 0.1) is 16.0 Å². The number of aliphatic hydroxyl groups is 1. The lowest BCUT2D eigenvalue weighted by Crippen LogP contribution is -2.52. The van der Waals surface area contributed by atoms with Gasteiger partial charge in [0.2, 0.25) is 0 Å². The predicted octanol–water partition coefficient (Wildman–Crippen LogP) is 2.90. The third kappa shape index (κ3) is 3.82. The normalized spacial score (nSPS) is 27.7. The molecule has 0 spiro atoms. The molecular weight excluding hydrogens is 320 g/mol. The molecule has 2 heterocycles. The number of nitrogens with zero attached hydrogens (tertiary/aromatic N) is 1. The van der Waals surface area contributed by atoms with Crippen LogP contribution < -0.4 is 5.32 Å². The summed E-state index contributed by atoms with van der Waals surface area (Å²) in [5, 5.41) is 15.1. The molecule has 0 radical (unpaired) electrons. The molecule has 6 heteroatoms. The van der Waals surface area contributed by atoms with Crippen molar-refractivity contribution in [3.8, 4) is 0 Å². The quantitative estimate of drug-likeness (QED) is 0.888. The molecule has 3 rings (SSSR count). The highest BCUT2D eigenvalue weighted by Crippen LogP contribution is 2.26. The lowest BCUT2D eigenvalue weighted by Gasteiger charge is -2.41. The number of hydrogen-bond acceptors (Lipinski definition) is 4. The van der Waals surface area contributed by atoms with Crippen LogP contribution in [0.2, 0.25) is 4.34 Å². The van der Waals surface area contributed by atoms with Crippen molar-refractivity contribution in [1.29, 1.82) is 0 Å². The van der Waals surface area contributed by atoms with E-state index in [1.807, 2.05) is 0 Å². The number of piperidine rings is 1. The zero-order chi connectivity index (χ0) is 15.5. The number of amides is 1. The van der Waals surface area contributed by atoms with Gasteiger partial charge in [-0.3, -0.25) is 9.69 Å². The number of rotatable bonds is 3. The molecule has 0 aromatic carbocycles. The van der Waals surface area contributed by atoms with E-state index in [1.165, 1.54) is 17.8 Å². The number of halogens is 1. The molecule has 2 atom stereocenters. The van der Waals surface area contributed by atoms with Crippen LogP contribution in [0.5, 0.6) is 0 Å². The fraction of sp³-hybridized carbons (Fsp3) is 0.688. The number of likely N-dealkylation sites (tertiary alicyclic amines) is 1. The van der Waals surface area contributed by atoms with E-state index in [1.54, 1.807) is 11.4 Å². The molecule has 2 N–H and O–H groups in total. The summed E-state index contributed by atoms with van der Waals surface area (Å²) in [5.74, 6) is -0.0284. The van der Waals surface area contributed by atoms with Crippen molar-refractivity contribution in [3.05, 3.63) is 21.3 Å². The van der Waals surface area contributed by atoms with Gasteiger partial charge in [-0.2, -0.15) is 0 Å². The van der Waals surface area contributed by atoms with Crippen molar-refractivity contribution in [2.24, 2.45) is 0 Å². The number of thiophene rings is 1. The highest BCUT2D eigenvalue weighted by molar-refractivity contribution is 7.14. The van der Waals surface area contributed by atoms with Crippen molar-refractivity contribution < 1.29 is 9.90 Å². The molecular formula is C16H23ClN2O2S. The molecule has 122 valence electrons. The van der Waals surface area contributed by atoms with Crippen LogP contribution in [0.1, 0.15) is 48.9 Å². The van der Waals surface area contributed by atoms with Gasteiger partial charge in [-0.1, -0.05) is 24.4 Å². The second kappa shape index (κ2) is 7.30. The third-order valence-corrected chi connectivity index (χ3v) is 5.95. The Balaban J connectivity index is 1.48. The maximum atomic E-state index is 12.1. The minimum Gasteiger partial charge on any atom is -0.391 e. The molecule has 2 unspecified atom stereocenters. The number of carbonyl (C=O) groups is 1. The van der Waals surface area contributed by atoms with Crippen molar-refractivity contribution >= 4 is 28.8 Å². The fourth-order valence-electron chi connectivity index (χ4n) is 3.59. The summed E-state index contributed by atoms with van der Waals surface area (Å²) < 4.78 is 0.645. The SMILES string of the molecule is O=C(NC1CCN(C2CCCCC2O)CC1)c1csc(Cl)c1. The standard InChI is InChI=1S/C16H23ClN2O2S/c17-15-9-11(10-22-15)16(21)18-12-5-7-19(8-6-12)13-3-1-2-4-14(13)20/h9-10,12-14,20H,1-8H2,(H,18,21). The summed E-state index contributed by atoms with van der Waals surface area (Å²) >= 11 is 7.26. The van der Waals surface area contributed by atoms with Gasteiger partial charge in [-0.15, -0.1) is 11.3 Å². The highest BCUT2D eigenvalue weighted by atomic mass is 35.5. The van der Waals surface area contributed by atoms with Crippen LogP contribution in [0.3, 0.4) is 0 Å². The van der Waals surface area contributed by atoms with E-state index in [9.17, 15) is 9.90 Å². The zero-order valence-corrected chi connectivity index (χ0v) is 14.2. The van der Waals surface area contributed by atoms with Gasteiger partial charge in [0.1, 0.15) is 0 Å². The van der Waals surface area contributed by atoms with Gasteiger partial charge >= 0.3 is 0 Å². The Hall–Kier alpha value is -0.620. The molecule has 1 aliphatic carbocycles. The molecule has 1 aromatic rings. The number of aliphatic hydroxyl groups excluding tert-OH is 1. The Labute approximate surface area is 140 Å². The second-order valence-electron chi connectivity index (χ2n) is 6.34. The monoisotopic (exact) mass is 342 g/mol. The van der Waals surface area contributed by atoms with Crippen molar-refractivity contribution in [2.45, 2.75) is 56.7 Å². The average molecular weight is 343 g/mol. The lowest BCUT2D eigenvalue weighted by atomic mass is 9.89. The average Bonchev–Trinajstić information content (AvgIpc) is 2.95. The van der Waals surface area contributed by atoms with Crippen LogP contribution in [-0.4, -0.2) is 47.2 Å². The van der Waals surface area contributed by atoms with Gasteiger partial charge in [-0.05, 0) is 31.7 Å². The Morgan fingerprint density at radius 3 is 2.64 bits per heavy atom. The van der Waals surface area contributed by atoms with Crippen molar-refractivity contribution in [3.63, 3.8) is 0 Å². The first-order valence-corrected chi connectivity index (χ1v) is 9.36. The molecule has 0 bridgehead atoms. The topological polar surface area (TPSA) is 52.6 Å². The first kappa shape index (κ1) is 16.2. The Bertz CT molecular complexity index is 514. The minimum atomic E-state index is -0.173. The van der Waals surface area contributed by atoms with Crippen LogP contribution in [0.25, 0.3) is 0 Å². The molecule has 1 amide bonds. The first-order chi connectivity index (χ1) is 10.6. The summed E-state index contributed by atoms with van der Waals surface area (Å²) in [7, 11) is 0. The number of hydrogen-bond donors (Lipinski definition) is 2. The van der Waals surface area contributed by atoms with Crippen LogP contribution in [0, 0.1) is 0 Å². The maximum Gasteiger partial charge on any atom is 0.252 e. The Morgan fingerprint density at radius 2 is 2.00 bits per heavy atom. The molecule has 2 fully saturated rings. The second-order valence-corrected chi connectivity index (χ2v) is 7.88. The van der Waals surface area contributed by atoms with E-state index in [0.717, 1.165) is 45.2 Å². The van der Waals surface area contributed by atoms with Crippen molar-refractivity contribution in [2.75, 3.05) is 13.1 Å². The van der Waals surface area contributed by atoms with Crippen LogP contribution in [0.4, 0.5) is 0 Å². The van der Waals surface area contributed by atoms with Gasteiger partial charge in [0, 0.05) is 30.6 Å². The number of nitrogens with one attached hydrogen (secondary N) is 1. The molecule has 1 saturated carbocycles. The van der Waals surface area contributed by atoms with E-state index in [0.29, 0.717) is 15.9 Å². The first-order valence-electron chi connectivity index (χ1n) is 8.10. The van der Waals surface area contributed by atoms with E-state index < -0.39 is 0 Å². The smallest absolute Gasteiger partial charge is 0.252 e. The summed E-state index contributed by atoms with van der Waals surface area (Å²) in [5.41, 5.74) is 0.653. The van der Waals surface area contributed by atoms with Crippen LogP contribution >= 0.6 is 22.9 Å². The minimum absolute atomic E-state index is 0.0284.